The molecule has 0 N–H and O–H groups in total. The van der Waals surface area contributed by atoms with Gasteiger partial charge in [-0.25, -0.2) is 4.79 Å². The maximum atomic E-state index is 14.1. The molecule has 1 aromatic carbocycles. The van der Waals surface area contributed by atoms with E-state index in [2.05, 4.69) is 4.74 Å². The van der Waals surface area contributed by atoms with Crippen LogP contribution >= 0.6 is 11.3 Å². The maximum Gasteiger partial charge on any atom is 0.460 e. The van der Waals surface area contributed by atoms with Gasteiger partial charge in [-0.2, -0.15) is 50.9 Å². The third-order valence-corrected chi connectivity index (χ3v) is 5.00. The van der Waals surface area contributed by atoms with Gasteiger partial charge in [0.05, 0.1) is 11.5 Å². The molecule has 1 heterocycles. The summed E-state index contributed by atoms with van der Waals surface area (Å²) in [5.41, 5.74) is -0.396. The Morgan fingerprint density at radius 3 is 1.94 bits per heavy atom. The highest BCUT2D eigenvalue weighted by molar-refractivity contribution is 7.08. The van der Waals surface area contributed by atoms with Gasteiger partial charge < -0.3 is 4.74 Å². The molecule has 0 aliphatic rings. The van der Waals surface area contributed by atoms with Crippen molar-refractivity contribution < 1.29 is 53.8 Å². The molecule has 0 saturated heterocycles. The van der Waals surface area contributed by atoms with Gasteiger partial charge in [0.15, 0.2) is 5.78 Å². The molecule has 0 aliphatic heterocycles. The van der Waals surface area contributed by atoms with Crippen LogP contribution in [0.15, 0.2) is 47.2 Å². The second kappa shape index (κ2) is 9.12. The largest absolute Gasteiger partial charge is 0.461 e. The number of carbonyl (C=O) groups is 2. The normalized spacial score (nSPS) is 14.2. The van der Waals surface area contributed by atoms with Crippen molar-refractivity contribution in [3.63, 3.8) is 0 Å². The SMILES string of the molecule is O=C(OCC(CC(F)(F)C(F)(F)C(F)(F)C(F)(F)F)C(=O)c1ccsc1)c1ccccc1. The maximum absolute atomic E-state index is 14.1. The summed E-state index contributed by atoms with van der Waals surface area (Å²) in [6.45, 7) is -1.26. The zero-order valence-corrected chi connectivity index (χ0v) is 16.5. The van der Waals surface area contributed by atoms with E-state index >= 15 is 0 Å². The van der Waals surface area contributed by atoms with Crippen LogP contribution in [0.3, 0.4) is 0 Å². The number of ketones is 1. The Morgan fingerprint density at radius 1 is 0.844 bits per heavy atom. The zero-order chi connectivity index (χ0) is 24.4. The van der Waals surface area contributed by atoms with E-state index in [1.807, 2.05) is 0 Å². The topological polar surface area (TPSA) is 43.4 Å². The second-order valence-corrected chi connectivity index (χ2v) is 7.37. The summed E-state index contributed by atoms with van der Waals surface area (Å²) in [5, 5.41) is 2.43. The van der Waals surface area contributed by atoms with Gasteiger partial charge in [-0.3, -0.25) is 4.79 Å². The minimum absolute atomic E-state index is 0.102. The minimum atomic E-state index is -7.08. The molecule has 1 unspecified atom stereocenters. The number of rotatable bonds is 9. The van der Waals surface area contributed by atoms with Crippen LogP contribution in [0.25, 0.3) is 0 Å². The lowest BCUT2D eigenvalue weighted by Crippen LogP contribution is -2.61. The molecule has 0 amide bonds. The summed E-state index contributed by atoms with van der Waals surface area (Å²) < 4.78 is 123. The number of halogens is 9. The molecule has 0 radical (unpaired) electrons. The van der Waals surface area contributed by atoms with Crippen LogP contribution in [-0.2, 0) is 4.74 Å². The van der Waals surface area contributed by atoms with E-state index in [1.54, 1.807) is 0 Å². The Labute approximate surface area is 178 Å². The number of thiophene rings is 1. The first-order valence-electron chi connectivity index (χ1n) is 8.60. The van der Waals surface area contributed by atoms with Gasteiger partial charge in [0.2, 0.25) is 0 Å². The average molecular weight is 492 g/mol. The summed E-state index contributed by atoms with van der Waals surface area (Å²) >= 11 is 0.905. The predicted octanol–water partition coefficient (Wildman–Crippen LogP) is 6.26. The van der Waals surface area contributed by atoms with Gasteiger partial charge >= 0.3 is 29.9 Å². The minimum Gasteiger partial charge on any atom is -0.461 e. The zero-order valence-electron chi connectivity index (χ0n) is 15.6. The quantitative estimate of drug-likeness (QED) is 0.236. The first-order valence-corrected chi connectivity index (χ1v) is 9.55. The lowest BCUT2D eigenvalue weighted by Gasteiger charge is -2.35. The van der Waals surface area contributed by atoms with Crippen molar-refractivity contribution in [3.8, 4) is 0 Å². The van der Waals surface area contributed by atoms with Crippen LogP contribution in [0.5, 0.6) is 0 Å². The molecule has 32 heavy (non-hydrogen) atoms. The lowest BCUT2D eigenvalue weighted by molar-refractivity contribution is -0.397. The van der Waals surface area contributed by atoms with Crippen LogP contribution in [0, 0.1) is 5.92 Å². The summed E-state index contributed by atoms with van der Waals surface area (Å²) in [5.74, 6) is -24.7. The highest BCUT2D eigenvalue weighted by Gasteiger charge is 2.81. The van der Waals surface area contributed by atoms with Crippen molar-refractivity contribution in [1.82, 2.24) is 0 Å². The average Bonchev–Trinajstić information content (AvgIpc) is 3.24. The van der Waals surface area contributed by atoms with E-state index in [0.717, 1.165) is 22.8 Å². The molecule has 0 bridgehead atoms. The fourth-order valence-corrected chi connectivity index (χ4v) is 3.19. The Bertz CT molecular complexity index is 925. The van der Waals surface area contributed by atoms with Gasteiger partial charge in [0, 0.05) is 17.4 Å². The van der Waals surface area contributed by atoms with E-state index in [9.17, 15) is 49.1 Å². The van der Waals surface area contributed by atoms with Crippen LogP contribution in [0.4, 0.5) is 39.5 Å². The Morgan fingerprint density at radius 2 is 1.44 bits per heavy atom. The van der Waals surface area contributed by atoms with Crippen molar-refractivity contribution >= 4 is 23.1 Å². The van der Waals surface area contributed by atoms with Crippen molar-refractivity contribution in [2.75, 3.05) is 6.61 Å². The van der Waals surface area contributed by atoms with E-state index in [1.165, 1.54) is 35.7 Å². The van der Waals surface area contributed by atoms with E-state index in [0.29, 0.717) is 0 Å². The van der Waals surface area contributed by atoms with Gasteiger partial charge in [-0.1, -0.05) is 18.2 Å². The number of esters is 1. The van der Waals surface area contributed by atoms with Gasteiger partial charge in [-0.05, 0) is 23.6 Å². The highest BCUT2D eigenvalue weighted by atomic mass is 32.1. The van der Waals surface area contributed by atoms with Crippen LogP contribution in [0.1, 0.15) is 27.1 Å². The molecule has 1 aromatic heterocycles. The number of hydrogen-bond donors (Lipinski definition) is 0. The number of ether oxygens (including phenoxy) is 1. The molecule has 1 atom stereocenters. The fraction of sp³-hybridized carbons (Fsp3) is 0.368. The standard InChI is InChI=1S/C19H13F9O3S/c20-16(21,17(22,23)18(24,25)19(26,27)28)8-13(14(29)12-6-7-32-10-12)9-31-15(30)11-4-2-1-3-5-11/h1-7,10,13H,8-9H2. The third-order valence-electron chi connectivity index (χ3n) is 4.31. The van der Waals surface area contributed by atoms with Gasteiger partial charge in [0.1, 0.15) is 6.61 Å². The smallest absolute Gasteiger partial charge is 0.460 e. The molecule has 176 valence electrons. The van der Waals surface area contributed by atoms with Crippen molar-refractivity contribution in [2.45, 2.75) is 30.4 Å². The predicted molar refractivity (Wildman–Crippen MR) is 94.4 cm³/mol. The molecule has 0 saturated carbocycles. The van der Waals surface area contributed by atoms with Crippen LogP contribution in [0.2, 0.25) is 0 Å². The second-order valence-electron chi connectivity index (χ2n) is 6.59. The van der Waals surface area contributed by atoms with Crippen molar-refractivity contribution in [2.24, 2.45) is 5.92 Å². The molecule has 2 rings (SSSR count). The van der Waals surface area contributed by atoms with E-state index < -0.39 is 54.6 Å². The first-order chi connectivity index (χ1) is 14.6. The van der Waals surface area contributed by atoms with Crippen LogP contribution < -0.4 is 0 Å². The number of alkyl halides is 9. The van der Waals surface area contributed by atoms with Gasteiger partial charge in [-0.15, -0.1) is 0 Å². The van der Waals surface area contributed by atoms with E-state index in [4.69, 9.17) is 0 Å². The van der Waals surface area contributed by atoms with Crippen LogP contribution in [-0.4, -0.2) is 42.3 Å². The summed E-state index contributed by atoms with van der Waals surface area (Å²) in [6, 6.07) is 7.90. The number of Topliss-reactive ketones (excluding diaryl/α,β-unsaturated/α-hetero) is 1. The van der Waals surface area contributed by atoms with Crippen molar-refractivity contribution in [1.29, 1.82) is 0 Å². The summed E-state index contributed by atoms with van der Waals surface area (Å²) in [6.07, 6.45) is -9.41. The third kappa shape index (κ3) is 5.08. The highest BCUT2D eigenvalue weighted by Crippen LogP contribution is 2.54. The Hall–Kier alpha value is -2.57. The summed E-state index contributed by atoms with van der Waals surface area (Å²) in [4.78, 5) is 24.4. The molecule has 3 nitrogen and oxygen atoms in total. The summed E-state index contributed by atoms with van der Waals surface area (Å²) in [7, 11) is 0. The molecular formula is C19H13F9O3S. The molecule has 0 fully saturated rings. The molecule has 13 heteroatoms. The van der Waals surface area contributed by atoms with E-state index in [-0.39, 0.29) is 11.1 Å². The fourth-order valence-electron chi connectivity index (χ4n) is 2.55. The lowest BCUT2D eigenvalue weighted by atomic mass is 9.89. The molecule has 0 spiro atoms. The number of carbonyl (C=O) groups excluding carboxylic acids is 2. The number of benzene rings is 1. The van der Waals surface area contributed by atoms with Crippen molar-refractivity contribution in [3.05, 3.63) is 58.3 Å². The molecule has 2 aromatic rings. The Balaban J connectivity index is 2.31. The van der Waals surface area contributed by atoms with Gasteiger partial charge in [0.25, 0.3) is 0 Å². The monoisotopic (exact) mass is 492 g/mol. The molecular weight excluding hydrogens is 479 g/mol. The Kier molecular flexibility index (Phi) is 7.32. The molecule has 0 aliphatic carbocycles. The number of hydrogen-bond acceptors (Lipinski definition) is 4. The first kappa shape index (κ1) is 25.7.